The number of aromatic nitrogens is 3. The van der Waals surface area contributed by atoms with Crippen molar-refractivity contribution < 1.29 is 9.36 Å². The average Bonchev–Trinajstić information content (AvgIpc) is 3.20. The molecule has 1 amide bonds. The topological polar surface area (TPSA) is 58.8 Å². The van der Waals surface area contributed by atoms with E-state index in [9.17, 15) is 4.79 Å². The van der Waals surface area contributed by atoms with Crippen LogP contribution in [0.5, 0.6) is 0 Å². The van der Waals surface area contributed by atoms with Gasteiger partial charge in [-0.3, -0.25) is 4.79 Å². The van der Waals surface area contributed by atoms with Gasteiger partial charge in [0, 0.05) is 6.04 Å². The number of anilines is 1. The zero-order valence-electron chi connectivity index (χ0n) is 23.2. The summed E-state index contributed by atoms with van der Waals surface area (Å²) >= 11 is 1.48. The molecule has 7 nitrogen and oxygen atoms in total. The predicted molar refractivity (Wildman–Crippen MR) is 141 cm³/mol. The first kappa shape index (κ1) is 28.0. The normalized spacial score (nSPS) is 13.6. The van der Waals surface area contributed by atoms with Gasteiger partial charge in [0.15, 0.2) is 0 Å². The van der Waals surface area contributed by atoms with Crippen LogP contribution >= 0.6 is 11.3 Å². The van der Waals surface area contributed by atoms with Gasteiger partial charge in [-0.05, 0) is 94.5 Å². The SMILES string of the molecule is CC(C)N=c1n(C(C)C)c(N(C(=O)c2cccs2)C(C)C)[n+](C(C)C)c(=NC(C)C)n1C(C)C. The molecule has 0 saturated carbocycles. The Bertz CT molecular complexity index is 1050. The molecule has 0 saturated heterocycles. The van der Waals surface area contributed by atoms with E-state index in [1.165, 1.54) is 11.3 Å². The second kappa shape index (κ2) is 11.5. The lowest BCUT2D eigenvalue weighted by atomic mass is 10.2. The molecule has 2 rings (SSSR count). The van der Waals surface area contributed by atoms with Gasteiger partial charge in [0.25, 0.3) is 5.62 Å². The Balaban J connectivity index is 3.30. The van der Waals surface area contributed by atoms with Crippen molar-refractivity contribution in [1.29, 1.82) is 0 Å². The van der Waals surface area contributed by atoms with E-state index in [1.807, 2.05) is 22.4 Å². The molecular weight excluding hydrogens is 444 g/mol. The van der Waals surface area contributed by atoms with Crippen LogP contribution in [0.25, 0.3) is 0 Å². The van der Waals surface area contributed by atoms with E-state index in [0.29, 0.717) is 0 Å². The Kier molecular flexibility index (Phi) is 9.45. The zero-order valence-corrected chi connectivity index (χ0v) is 24.0. The van der Waals surface area contributed by atoms with Gasteiger partial charge in [-0.15, -0.1) is 11.3 Å². The van der Waals surface area contributed by atoms with Crippen LogP contribution in [0.2, 0.25) is 0 Å². The lowest BCUT2D eigenvalue weighted by Gasteiger charge is -2.31. The third-order valence-electron chi connectivity index (χ3n) is 5.27. The summed E-state index contributed by atoms with van der Waals surface area (Å²) in [6, 6.07) is 4.24. The quantitative estimate of drug-likeness (QED) is 0.479. The monoisotopic (exact) mass is 489 g/mol. The van der Waals surface area contributed by atoms with E-state index in [-0.39, 0.29) is 42.2 Å². The number of carbonyl (C=O) groups is 1. The highest BCUT2D eigenvalue weighted by atomic mass is 32.1. The first-order chi connectivity index (χ1) is 15.8. The standard InChI is InChI=1S/C26H45N6OS/c1-16(2)27-24-30(19(7)8)25(28-17(3)4)32(21(11)12)26(31(24)20(9)10)29(18(5)6)23(33)22-14-13-15-34-22/h13-21H,1-12H3/q+1. The molecule has 0 aliphatic heterocycles. The molecule has 0 aliphatic carbocycles. The lowest BCUT2D eigenvalue weighted by Crippen LogP contribution is -2.67. The first-order valence-corrected chi connectivity index (χ1v) is 13.4. The second-order valence-corrected chi connectivity index (χ2v) is 11.4. The Hall–Kier alpha value is -2.22. The highest BCUT2D eigenvalue weighted by Gasteiger charge is 2.36. The van der Waals surface area contributed by atoms with Crippen molar-refractivity contribution in [3.8, 4) is 0 Å². The molecule has 0 spiro atoms. The van der Waals surface area contributed by atoms with E-state index < -0.39 is 0 Å². The van der Waals surface area contributed by atoms with Crippen molar-refractivity contribution in [3.63, 3.8) is 0 Å². The van der Waals surface area contributed by atoms with Crippen LogP contribution in [-0.2, 0) is 0 Å². The smallest absolute Gasteiger partial charge is 0.257 e. The Morgan fingerprint density at radius 3 is 1.82 bits per heavy atom. The van der Waals surface area contributed by atoms with E-state index in [1.54, 1.807) is 0 Å². The Labute approximate surface area is 209 Å². The molecule has 0 bridgehead atoms. The zero-order chi connectivity index (χ0) is 25.9. The maximum Gasteiger partial charge on any atom is 0.326 e. The summed E-state index contributed by atoms with van der Waals surface area (Å²) in [5.41, 5.74) is 1.69. The second-order valence-electron chi connectivity index (χ2n) is 10.5. The minimum atomic E-state index is -0.0571. The van der Waals surface area contributed by atoms with E-state index in [0.717, 1.165) is 22.1 Å². The van der Waals surface area contributed by atoms with E-state index in [2.05, 4.69) is 96.8 Å². The number of nitrogens with zero attached hydrogens (tertiary/aromatic N) is 6. The van der Waals surface area contributed by atoms with Crippen LogP contribution in [0.15, 0.2) is 27.5 Å². The maximum atomic E-state index is 13.9. The van der Waals surface area contributed by atoms with Crippen LogP contribution in [-0.4, -0.2) is 33.2 Å². The minimum Gasteiger partial charge on any atom is -0.257 e. The fraction of sp³-hybridized carbons (Fsp3) is 0.692. The summed E-state index contributed by atoms with van der Waals surface area (Å²) < 4.78 is 6.69. The van der Waals surface area contributed by atoms with Gasteiger partial charge >= 0.3 is 17.5 Å². The molecule has 0 fully saturated rings. The molecule has 0 unspecified atom stereocenters. The molecule has 0 atom stereocenters. The van der Waals surface area contributed by atoms with Crippen LogP contribution in [0.4, 0.5) is 5.95 Å². The van der Waals surface area contributed by atoms with Gasteiger partial charge in [0.1, 0.15) is 4.88 Å². The van der Waals surface area contributed by atoms with Crippen molar-refractivity contribution in [3.05, 3.63) is 33.6 Å². The van der Waals surface area contributed by atoms with Crippen molar-refractivity contribution in [2.24, 2.45) is 9.98 Å². The van der Waals surface area contributed by atoms with E-state index >= 15 is 0 Å². The van der Waals surface area contributed by atoms with Crippen LogP contribution in [0.1, 0.15) is 111 Å². The van der Waals surface area contributed by atoms with E-state index in [4.69, 9.17) is 9.98 Å². The van der Waals surface area contributed by atoms with Crippen molar-refractivity contribution in [1.82, 2.24) is 9.13 Å². The number of thiophene rings is 1. The number of hydrogen-bond acceptors (Lipinski definition) is 4. The molecule has 0 radical (unpaired) electrons. The number of amides is 1. The summed E-state index contributed by atoms with van der Waals surface area (Å²) in [6.45, 7) is 25.5. The van der Waals surface area contributed by atoms with Gasteiger partial charge in [-0.25, -0.2) is 23.6 Å². The molecule has 8 heteroatoms. The van der Waals surface area contributed by atoms with Crippen LogP contribution in [0, 0.1) is 0 Å². The van der Waals surface area contributed by atoms with Crippen LogP contribution < -0.4 is 20.7 Å². The molecule has 190 valence electrons. The van der Waals surface area contributed by atoms with Gasteiger partial charge in [-0.1, -0.05) is 6.07 Å². The largest absolute Gasteiger partial charge is 0.326 e. The summed E-state index contributed by atoms with van der Waals surface area (Å²) in [4.78, 5) is 26.8. The minimum absolute atomic E-state index is 0.00194. The van der Waals surface area contributed by atoms with Crippen molar-refractivity contribution >= 4 is 23.2 Å². The number of hydrogen-bond donors (Lipinski definition) is 0. The lowest BCUT2D eigenvalue weighted by molar-refractivity contribution is -0.728. The fourth-order valence-corrected chi connectivity index (χ4v) is 4.68. The fourth-order valence-electron chi connectivity index (χ4n) is 4.02. The van der Waals surface area contributed by atoms with Crippen molar-refractivity contribution in [2.45, 2.75) is 119 Å². The van der Waals surface area contributed by atoms with Crippen molar-refractivity contribution in [2.75, 3.05) is 4.90 Å². The molecule has 0 aliphatic rings. The van der Waals surface area contributed by atoms with Gasteiger partial charge < -0.3 is 0 Å². The Morgan fingerprint density at radius 2 is 1.44 bits per heavy atom. The molecule has 0 aromatic carbocycles. The maximum absolute atomic E-state index is 13.9. The molecule has 34 heavy (non-hydrogen) atoms. The Morgan fingerprint density at radius 1 is 0.882 bits per heavy atom. The molecule has 2 aromatic rings. The highest BCUT2D eigenvalue weighted by Crippen LogP contribution is 2.22. The molecule has 0 N–H and O–H groups in total. The molecule has 2 aromatic heterocycles. The summed E-state index contributed by atoms with van der Waals surface area (Å²) in [5, 5.41) is 1.95. The van der Waals surface area contributed by atoms with Gasteiger partial charge in [0.05, 0.1) is 30.2 Å². The van der Waals surface area contributed by atoms with Crippen LogP contribution in [0.3, 0.4) is 0 Å². The average molecular weight is 490 g/mol. The summed E-state index contributed by atoms with van der Waals surface area (Å²) in [5.74, 6) is 0.830. The first-order valence-electron chi connectivity index (χ1n) is 12.6. The number of rotatable bonds is 8. The third-order valence-corrected chi connectivity index (χ3v) is 6.13. The van der Waals surface area contributed by atoms with Gasteiger partial charge in [-0.2, -0.15) is 4.99 Å². The molecule has 2 heterocycles. The summed E-state index contributed by atoms with van der Waals surface area (Å²) in [6.07, 6.45) is 0. The van der Waals surface area contributed by atoms with Gasteiger partial charge in [0.2, 0.25) is 0 Å². The highest BCUT2D eigenvalue weighted by molar-refractivity contribution is 7.12. The summed E-state index contributed by atoms with van der Waals surface area (Å²) in [7, 11) is 0. The number of carbonyl (C=O) groups excluding carboxylic acids is 1. The third kappa shape index (κ3) is 5.88. The molecular formula is C26H45N6OS+. The predicted octanol–water partition coefficient (Wildman–Crippen LogP) is 5.05.